The standard InChI is InChI=1S/C88H65BN4/c1-87(2,3)66-40-36-56(37-41-66)61-46-71-80-69(58-28-16-9-17-29-58)44-63(54-24-12-7-13-25-54)50-76(80)92-78-52-65(86-90-75-35-23-22-34-68(75)83(91-86)60-32-20-11-21-33-60)53-79-82(78)89(73(48-61)84(71)92)74-49-62(57-38-42-67(43-39-57)88(4,5)6)47-72-81-70(59-30-18-10-19-31-59)45-64(55-26-14-8-15-27-55)51-77(81)93(79)85(72)74/h7-53H,1-6H3. The van der Waals surface area contributed by atoms with Gasteiger partial charge in [0.05, 0.1) is 22.2 Å². The van der Waals surface area contributed by atoms with Crippen LogP contribution in [0.15, 0.2) is 285 Å². The highest BCUT2D eigenvalue weighted by molar-refractivity contribution is 7.00. The number of aromatic nitrogens is 4. The summed E-state index contributed by atoms with van der Waals surface area (Å²) in [6.07, 6.45) is 0. The minimum Gasteiger partial charge on any atom is -0.310 e. The smallest absolute Gasteiger partial charge is 0.252 e. The average molecular weight is 1190 g/mol. The first-order chi connectivity index (χ1) is 45.4. The zero-order valence-electron chi connectivity index (χ0n) is 53.0. The first-order valence-electron chi connectivity index (χ1n) is 32.6. The highest BCUT2D eigenvalue weighted by atomic mass is 15.0. The van der Waals surface area contributed by atoms with Crippen LogP contribution in [0, 0.1) is 0 Å². The van der Waals surface area contributed by atoms with Crippen LogP contribution in [0.3, 0.4) is 0 Å². The molecular formula is C88H65BN4. The van der Waals surface area contributed by atoms with Crippen LogP contribution < -0.4 is 16.4 Å². The fraction of sp³-hybridized carbons (Fsp3) is 0.0909. The fourth-order valence-electron chi connectivity index (χ4n) is 15.4. The molecule has 0 fully saturated rings. The van der Waals surface area contributed by atoms with Crippen LogP contribution in [0.4, 0.5) is 0 Å². The lowest BCUT2D eigenvalue weighted by Crippen LogP contribution is -2.59. The number of hydrogen-bond acceptors (Lipinski definition) is 2. The lowest BCUT2D eigenvalue weighted by atomic mass is 9.34. The molecule has 2 aliphatic heterocycles. The fourth-order valence-corrected chi connectivity index (χ4v) is 15.4. The molecule has 0 saturated heterocycles. The monoisotopic (exact) mass is 1190 g/mol. The summed E-state index contributed by atoms with van der Waals surface area (Å²) in [5.41, 5.74) is 31.3. The normalized spacial score (nSPS) is 12.6. The summed E-state index contributed by atoms with van der Waals surface area (Å²) >= 11 is 0. The van der Waals surface area contributed by atoms with Gasteiger partial charge in [0, 0.05) is 60.5 Å². The van der Waals surface area contributed by atoms with Crippen LogP contribution in [-0.2, 0) is 10.8 Å². The van der Waals surface area contributed by atoms with Crippen molar-refractivity contribution in [1.29, 1.82) is 0 Å². The molecule has 0 saturated carbocycles. The van der Waals surface area contributed by atoms with Crippen molar-refractivity contribution in [1.82, 2.24) is 19.1 Å². The van der Waals surface area contributed by atoms with Gasteiger partial charge in [-0.15, -0.1) is 0 Å². The van der Waals surface area contributed by atoms with Crippen molar-refractivity contribution in [2.75, 3.05) is 0 Å². The Hall–Kier alpha value is -11.1. The molecule has 0 unspecified atom stereocenters. The number of nitrogens with zero attached hydrogens (tertiary/aromatic N) is 4. The van der Waals surface area contributed by atoms with Crippen molar-refractivity contribution in [3.05, 3.63) is 296 Å². The molecule has 13 aromatic carbocycles. The van der Waals surface area contributed by atoms with Crippen molar-refractivity contribution < 1.29 is 0 Å². The van der Waals surface area contributed by atoms with Gasteiger partial charge in [0.25, 0.3) is 6.71 Å². The van der Waals surface area contributed by atoms with E-state index >= 15 is 0 Å². The summed E-state index contributed by atoms with van der Waals surface area (Å²) in [6, 6.07) is 107. The maximum absolute atomic E-state index is 5.71. The maximum atomic E-state index is 5.71. The van der Waals surface area contributed by atoms with Crippen molar-refractivity contribution >= 4 is 77.6 Å². The summed E-state index contributed by atoms with van der Waals surface area (Å²) in [5, 5.41) is 5.90. The Morgan fingerprint density at radius 1 is 0.301 bits per heavy atom. The van der Waals surface area contributed by atoms with Gasteiger partial charge in [0.15, 0.2) is 5.82 Å². The molecule has 0 atom stereocenters. The zero-order valence-corrected chi connectivity index (χ0v) is 53.0. The Bertz CT molecular complexity index is 5410. The minimum atomic E-state index is -0.217. The number of benzene rings is 13. The predicted molar refractivity (Wildman–Crippen MR) is 394 cm³/mol. The highest BCUT2D eigenvalue weighted by Crippen LogP contribution is 2.49. The molecule has 2 aliphatic rings. The third-order valence-electron chi connectivity index (χ3n) is 20.0. The Morgan fingerprint density at radius 3 is 1.11 bits per heavy atom. The third-order valence-corrected chi connectivity index (χ3v) is 20.0. The van der Waals surface area contributed by atoms with Crippen LogP contribution >= 0.6 is 0 Å². The SMILES string of the molecule is CC(C)(C)c1ccc(-c2cc3c4c(c2)c2c(-c5ccccc5)cc(-c5ccccc5)cc2n4-c2cc(-c4nc(-c5ccccc5)c5ccccc5n4)cc4c2B3c2cc(-c3ccc(C(C)(C)C)cc3)cc3c5c(-c6ccccc6)cc(-c6ccccc6)cc5n-4c23)cc1. The molecule has 4 nitrogen and oxygen atoms in total. The first-order valence-corrected chi connectivity index (χ1v) is 32.6. The lowest BCUT2D eigenvalue weighted by molar-refractivity contribution is 0.590. The number of hydrogen-bond donors (Lipinski definition) is 0. The average Bonchev–Trinajstić information content (AvgIpc) is 1.54. The van der Waals surface area contributed by atoms with Gasteiger partial charge >= 0.3 is 0 Å². The Kier molecular flexibility index (Phi) is 12.2. The number of para-hydroxylation sites is 1. The largest absolute Gasteiger partial charge is 0.310 e. The van der Waals surface area contributed by atoms with Gasteiger partial charge in [0.1, 0.15) is 0 Å². The second-order valence-corrected chi connectivity index (χ2v) is 27.7. The predicted octanol–water partition coefficient (Wildman–Crippen LogP) is 20.9. The summed E-state index contributed by atoms with van der Waals surface area (Å²) in [7, 11) is 0. The molecule has 0 amide bonds. The van der Waals surface area contributed by atoms with E-state index in [-0.39, 0.29) is 17.5 Å². The molecule has 0 radical (unpaired) electrons. The van der Waals surface area contributed by atoms with Crippen LogP contribution in [0.5, 0.6) is 0 Å². The van der Waals surface area contributed by atoms with E-state index in [1.54, 1.807) is 0 Å². The van der Waals surface area contributed by atoms with E-state index in [9.17, 15) is 0 Å². The summed E-state index contributed by atoms with van der Waals surface area (Å²) in [5.74, 6) is 0.674. The van der Waals surface area contributed by atoms with Crippen LogP contribution in [-0.4, -0.2) is 25.8 Å². The van der Waals surface area contributed by atoms with E-state index < -0.39 is 0 Å². The Morgan fingerprint density at radius 2 is 0.677 bits per heavy atom. The van der Waals surface area contributed by atoms with Crippen molar-refractivity contribution in [3.8, 4) is 101 Å². The van der Waals surface area contributed by atoms with E-state index in [2.05, 4.69) is 336 Å². The number of fused-ring (bicyclic) bond motifs is 11. The van der Waals surface area contributed by atoms with Gasteiger partial charge in [-0.1, -0.05) is 272 Å². The van der Waals surface area contributed by atoms with Crippen molar-refractivity contribution in [3.63, 3.8) is 0 Å². The molecule has 0 bridgehead atoms. The lowest BCUT2D eigenvalue weighted by Gasteiger charge is -2.34. The number of rotatable bonds is 8. The van der Waals surface area contributed by atoms with E-state index in [0.717, 1.165) is 61.3 Å². The maximum Gasteiger partial charge on any atom is 0.252 e. The summed E-state index contributed by atoms with van der Waals surface area (Å²) in [6.45, 7) is 13.6. The molecule has 16 aromatic rings. The molecule has 5 heteroatoms. The molecule has 0 spiro atoms. The summed E-state index contributed by atoms with van der Waals surface area (Å²) < 4.78 is 5.30. The molecule has 0 N–H and O–H groups in total. The third kappa shape index (κ3) is 8.74. The van der Waals surface area contributed by atoms with Gasteiger partial charge in [-0.3, -0.25) is 0 Å². The van der Waals surface area contributed by atoms with Gasteiger partial charge in [-0.2, -0.15) is 0 Å². The van der Waals surface area contributed by atoms with Crippen molar-refractivity contribution in [2.45, 2.75) is 52.4 Å². The minimum absolute atomic E-state index is 0.00480. The zero-order chi connectivity index (χ0) is 62.4. The quantitative estimate of drug-likeness (QED) is 0.142. The van der Waals surface area contributed by atoms with E-state index in [0.29, 0.717) is 5.82 Å². The van der Waals surface area contributed by atoms with Gasteiger partial charge < -0.3 is 9.13 Å². The molecular weight excluding hydrogens is 1120 g/mol. The van der Waals surface area contributed by atoms with E-state index in [4.69, 9.17) is 9.97 Å². The van der Waals surface area contributed by atoms with Gasteiger partial charge in [-0.05, 0) is 160 Å². The molecule has 18 rings (SSSR count). The van der Waals surface area contributed by atoms with Gasteiger partial charge in [-0.25, -0.2) is 9.97 Å². The molecule has 3 aromatic heterocycles. The molecule has 5 heterocycles. The van der Waals surface area contributed by atoms with Crippen LogP contribution in [0.1, 0.15) is 52.7 Å². The second kappa shape index (κ2) is 20.7. The summed E-state index contributed by atoms with van der Waals surface area (Å²) in [4.78, 5) is 11.3. The van der Waals surface area contributed by atoms with Crippen molar-refractivity contribution in [2.24, 2.45) is 0 Å². The highest BCUT2D eigenvalue weighted by Gasteiger charge is 2.43. The van der Waals surface area contributed by atoms with Gasteiger partial charge in [0.2, 0.25) is 0 Å². The molecule has 0 aliphatic carbocycles. The van der Waals surface area contributed by atoms with E-state index in [1.807, 2.05) is 0 Å². The van der Waals surface area contributed by atoms with E-state index in [1.165, 1.54) is 116 Å². The van der Waals surface area contributed by atoms with Crippen LogP contribution in [0.2, 0.25) is 0 Å². The Labute approximate surface area is 542 Å². The molecule has 93 heavy (non-hydrogen) atoms. The second-order valence-electron chi connectivity index (χ2n) is 27.7. The van der Waals surface area contributed by atoms with Crippen LogP contribution in [0.25, 0.3) is 155 Å². The Balaban J connectivity index is 1.05. The molecule has 440 valence electrons. The first kappa shape index (κ1) is 54.8. The topological polar surface area (TPSA) is 35.6 Å².